The van der Waals surface area contributed by atoms with Gasteiger partial charge in [-0.15, -0.1) is 11.3 Å². The summed E-state index contributed by atoms with van der Waals surface area (Å²) in [7, 11) is 0. The third-order valence-electron chi connectivity index (χ3n) is 5.10. The first-order chi connectivity index (χ1) is 13.4. The summed E-state index contributed by atoms with van der Waals surface area (Å²) in [6.07, 6.45) is 0. The molecule has 146 valence electrons. The maximum absolute atomic E-state index is 13.0. The molecule has 1 saturated heterocycles. The van der Waals surface area contributed by atoms with Crippen LogP contribution in [0.4, 0.5) is 5.00 Å². The number of nitrogens with one attached hydrogen (secondary N) is 1. The molecular weight excluding hydrogens is 372 g/mol. The van der Waals surface area contributed by atoms with Crippen molar-refractivity contribution < 1.29 is 9.59 Å². The van der Waals surface area contributed by atoms with Crippen LogP contribution in [0.3, 0.4) is 0 Å². The Kier molecular flexibility index (Phi) is 6.12. The van der Waals surface area contributed by atoms with E-state index in [-0.39, 0.29) is 18.4 Å². The summed E-state index contributed by atoms with van der Waals surface area (Å²) in [5.74, 6) is -0.0246. The molecule has 0 saturated carbocycles. The molecule has 1 aromatic carbocycles. The highest BCUT2D eigenvalue weighted by molar-refractivity contribution is 7.14. The highest BCUT2D eigenvalue weighted by atomic mass is 32.1. The highest BCUT2D eigenvalue weighted by Crippen LogP contribution is 2.26. The molecule has 3 rings (SSSR count). The lowest BCUT2D eigenvalue weighted by Gasteiger charge is -2.38. The summed E-state index contributed by atoms with van der Waals surface area (Å²) >= 11 is 1.34. The van der Waals surface area contributed by atoms with E-state index in [1.165, 1.54) is 11.3 Å². The first kappa shape index (κ1) is 20.1. The van der Waals surface area contributed by atoms with Gasteiger partial charge in [-0.2, -0.15) is 5.26 Å². The number of nitriles is 1. The third kappa shape index (κ3) is 4.41. The van der Waals surface area contributed by atoms with E-state index in [1.807, 2.05) is 54.0 Å². The average molecular weight is 397 g/mol. The number of anilines is 1. The summed E-state index contributed by atoms with van der Waals surface area (Å²) in [6, 6.07) is 13.6. The molecule has 1 N–H and O–H groups in total. The molecule has 28 heavy (non-hydrogen) atoms. The maximum Gasteiger partial charge on any atom is 0.239 e. The lowest BCUT2D eigenvalue weighted by Crippen LogP contribution is -2.54. The van der Waals surface area contributed by atoms with Crippen LogP contribution in [0, 0.1) is 11.3 Å². The van der Waals surface area contributed by atoms with Gasteiger partial charge in [0.2, 0.25) is 11.8 Å². The summed E-state index contributed by atoms with van der Waals surface area (Å²) in [6.45, 7) is 6.68. The molecule has 1 aliphatic rings. The van der Waals surface area contributed by atoms with Crippen LogP contribution in [0.2, 0.25) is 0 Å². The van der Waals surface area contributed by atoms with Crippen LogP contribution in [0.1, 0.15) is 25.0 Å². The topological polar surface area (TPSA) is 76.4 Å². The van der Waals surface area contributed by atoms with Crippen LogP contribution in [0.5, 0.6) is 0 Å². The zero-order valence-corrected chi connectivity index (χ0v) is 17.0. The quantitative estimate of drug-likeness (QED) is 0.843. The number of amides is 2. The first-order valence-corrected chi connectivity index (χ1v) is 10.1. The van der Waals surface area contributed by atoms with Crippen LogP contribution in [0.15, 0.2) is 41.8 Å². The molecule has 0 aliphatic carbocycles. The van der Waals surface area contributed by atoms with Crippen molar-refractivity contribution >= 4 is 28.2 Å². The van der Waals surface area contributed by atoms with E-state index in [1.54, 1.807) is 11.4 Å². The van der Waals surface area contributed by atoms with Gasteiger partial charge in [0.1, 0.15) is 11.1 Å². The number of hydrogen-bond acceptors (Lipinski definition) is 5. The molecule has 2 aromatic rings. The second-order valence-corrected chi connectivity index (χ2v) is 8.30. The number of hydrogen-bond donors (Lipinski definition) is 1. The van der Waals surface area contributed by atoms with Crippen molar-refractivity contribution in [3.05, 3.63) is 52.9 Å². The Morgan fingerprint density at radius 1 is 1.14 bits per heavy atom. The Morgan fingerprint density at radius 2 is 1.82 bits per heavy atom. The smallest absolute Gasteiger partial charge is 0.239 e. The van der Waals surface area contributed by atoms with Crippen LogP contribution < -0.4 is 5.32 Å². The number of nitrogens with zero attached hydrogens (tertiary/aromatic N) is 3. The van der Waals surface area contributed by atoms with Crippen molar-refractivity contribution in [3.63, 3.8) is 0 Å². The molecule has 0 unspecified atom stereocenters. The largest absolute Gasteiger partial charge is 0.339 e. The Bertz CT molecular complexity index is 877. The number of piperazine rings is 1. The summed E-state index contributed by atoms with van der Waals surface area (Å²) in [5.41, 5.74) is 0.913. The van der Waals surface area contributed by atoms with Gasteiger partial charge in [0.05, 0.1) is 17.5 Å². The molecule has 2 amide bonds. The van der Waals surface area contributed by atoms with Gasteiger partial charge in [0.15, 0.2) is 0 Å². The maximum atomic E-state index is 13.0. The van der Waals surface area contributed by atoms with Crippen molar-refractivity contribution in [2.24, 2.45) is 0 Å². The minimum atomic E-state index is -0.576. The number of carbonyl (C=O) groups excluding carboxylic acids is 2. The van der Waals surface area contributed by atoms with E-state index in [2.05, 4.69) is 11.4 Å². The second kappa shape index (κ2) is 8.55. The minimum absolute atomic E-state index is 0.111. The molecular formula is C21H24N4O2S. The lowest BCUT2D eigenvalue weighted by molar-refractivity contribution is -0.138. The zero-order valence-electron chi connectivity index (χ0n) is 16.1. The number of thiophene rings is 1. The van der Waals surface area contributed by atoms with Gasteiger partial charge in [-0.25, -0.2) is 0 Å². The summed E-state index contributed by atoms with van der Waals surface area (Å²) in [5, 5.41) is 14.2. The second-order valence-electron chi connectivity index (χ2n) is 7.38. The van der Waals surface area contributed by atoms with Crippen LogP contribution >= 0.6 is 11.3 Å². The van der Waals surface area contributed by atoms with E-state index in [0.717, 1.165) is 5.56 Å². The molecule has 1 aromatic heterocycles. The average Bonchev–Trinajstić information content (AvgIpc) is 3.15. The Labute approximate surface area is 169 Å². The fourth-order valence-corrected chi connectivity index (χ4v) is 4.10. The van der Waals surface area contributed by atoms with Gasteiger partial charge in [0.25, 0.3) is 0 Å². The van der Waals surface area contributed by atoms with Crippen molar-refractivity contribution in [1.29, 1.82) is 5.26 Å². The molecule has 1 aliphatic heterocycles. The van der Waals surface area contributed by atoms with Crippen molar-refractivity contribution in [3.8, 4) is 6.07 Å². The summed E-state index contributed by atoms with van der Waals surface area (Å²) in [4.78, 5) is 29.2. The van der Waals surface area contributed by atoms with Gasteiger partial charge in [-0.05, 0) is 30.9 Å². The van der Waals surface area contributed by atoms with E-state index < -0.39 is 5.41 Å². The van der Waals surface area contributed by atoms with Crippen LogP contribution in [-0.4, -0.2) is 54.3 Å². The molecule has 0 atom stereocenters. The van der Waals surface area contributed by atoms with Gasteiger partial charge in [-0.3, -0.25) is 14.5 Å². The minimum Gasteiger partial charge on any atom is -0.339 e. The molecule has 1 fully saturated rings. The van der Waals surface area contributed by atoms with Crippen molar-refractivity contribution in [2.75, 3.05) is 38.0 Å². The number of carbonyl (C=O) groups is 2. The predicted molar refractivity (Wildman–Crippen MR) is 110 cm³/mol. The van der Waals surface area contributed by atoms with E-state index >= 15 is 0 Å². The predicted octanol–water partition coefficient (Wildman–Crippen LogP) is 2.68. The Hall–Kier alpha value is -2.69. The van der Waals surface area contributed by atoms with Crippen molar-refractivity contribution in [1.82, 2.24) is 9.80 Å². The zero-order chi connectivity index (χ0) is 20.1. The summed E-state index contributed by atoms with van der Waals surface area (Å²) < 4.78 is 0. The van der Waals surface area contributed by atoms with Gasteiger partial charge in [-0.1, -0.05) is 30.3 Å². The van der Waals surface area contributed by atoms with Crippen LogP contribution in [0.25, 0.3) is 0 Å². The highest BCUT2D eigenvalue weighted by Gasteiger charge is 2.35. The van der Waals surface area contributed by atoms with Gasteiger partial charge >= 0.3 is 0 Å². The molecule has 0 bridgehead atoms. The molecule has 0 spiro atoms. The van der Waals surface area contributed by atoms with Gasteiger partial charge < -0.3 is 10.2 Å². The number of benzene rings is 1. The standard InChI is InChI=1S/C21H24N4O2S/c1-21(2,17-6-4-3-5-7-17)20(27)25-11-9-24(10-12-25)15-18(26)23-19-16(14-22)8-13-28-19/h3-8,13H,9-12,15H2,1-2H3,(H,23,26). The monoisotopic (exact) mass is 396 g/mol. The molecule has 0 radical (unpaired) electrons. The van der Waals surface area contributed by atoms with E-state index in [9.17, 15) is 9.59 Å². The first-order valence-electron chi connectivity index (χ1n) is 9.26. The third-order valence-corrected chi connectivity index (χ3v) is 5.93. The SMILES string of the molecule is CC(C)(C(=O)N1CCN(CC(=O)Nc2sccc2C#N)CC1)c1ccccc1. The fourth-order valence-electron chi connectivity index (χ4n) is 3.35. The molecule has 2 heterocycles. The Morgan fingerprint density at radius 3 is 2.46 bits per heavy atom. The number of rotatable bonds is 5. The molecule has 6 nitrogen and oxygen atoms in total. The van der Waals surface area contributed by atoms with Crippen LogP contribution in [-0.2, 0) is 15.0 Å². The van der Waals surface area contributed by atoms with E-state index in [0.29, 0.717) is 36.7 Å². The normalized spacial score (nSPS) is 15.1. The lowest BCUT2D eigenvalue weighted by atomic mass is 9.83. The van der Waals surface area contributed by atoms with E-state index in [4.69, 9.17) is 5.26 Å². The Balaban J connectivity index is 1.52. The van der Waals surface area contributed by atoms with Gasteiger partial charge in [0, 0.05) is 26.2 Å². The van der Waals surface area contributed by atoms with Crippen molar-refractivity contribution in [2.45, 2.75) is 19.3 Å². The fraction of sp³-hybridized carbons (Fsp3) is 0.381. The molecule has 7 heteroatoms.